The average molecular weight is 288 g/mol. The molecule has 1 atom stereocenters. The second-order valence-corrected chi connectivity index (χ2v) is 4.41. The van der Waals surface area contributed by atoms with Gasteiger partial charge in [0.25, 0.3) is 0 Å². The van der Waals surface area contributed by atoms with Crippen molar-refractivity contribution in [2.24, 2.45) is 0 Å². The first-order valence-electron chi connectivity index (χ1n) is 6.66. The minimum absolute atomic E-state index is 0.0999. The van der Waals surface area contributed by atoms with E-state index in [-0.39, 0.29) is 24.9 Å². The van der Waals surface area contributed by atoms with Crippen molar-refractivity contribution >= 4 is 17.6 Å². The van der Waals surface area contributed by atoms with Crippen LogP contribution in [0.2, 0.25) is 0 Å². The molecule has 0 radical (unpaired) electrons. The average Bonchev–Trinajstić information content (AvgIpc) is 2.45. The molecule has 112 valence electrons. The topological polar surface area (TPSA) is 96.2 Å². The quantitative estimate of drug-likeness (QED) is 0.460. The number of terminal acetylenes is 1. The second-order valence-electron chi connectivity index (χ2n) is 4.41. The van der Waals surface area contributed by atoms with Gasteiger partial charge >= 0.3 is 6.03 Å². The summed E-state index contributed by atoms with van der Waals surface area (Å²) >= 11 is 0. The Morgan fingerprint density at radius 1 is 1.29 bits per heavy atom. The highest BCUT2D eigenvalue weighted by molar-refractivity contribution is 5.79. The molecule has 1 aromatic rings. The zero-order valence-corrected chi connectivity index (χ0v) is 12.0. The summed E-state index contributed by atoms with van der Waals surface area (Å²) in [4.78, 5) is 23.5. The van der Waals surface area contributed by atoms with Gasteiger partial charge in [0.1, 0.15) is 0 Å². The Morgan fingerprint density at radius 2 is 1.95 bits per heavy atom. The van der Waals surface area contributed by atoms with E-state index in [1.165, 1.54) is 0 Å². The largest absolute Gasteiger partial charge is 0.399 e. The van der Waals surface area contributed by atoms with E-state index >= 15 is 0 Å². The highest BCUT2D eigenvalue weighted by Gasteiger charge is 2.17. The van der Waals surface area contributed by atoms with E-state index in [2.05, 4.69) is 21.9 Å². The van der Waals surface area contributed by atoms with Gasteiger partial charge in [0.05, 0.1) is 19.0 Å². The van der Waals surface area contributed by atoms with Crippen LogP contribution in [0, 0.1) is 12.3 Å². The maximum absolute atomic E-state index is 11.8. The number of nitrogen functional groups attached to an aromatic ring is 1. The van der Waals surface area contributed by atoms with E-state index in [9.17, 15) is 9.59 Å². The Balaban J connectivity index is 2.79. The number of anilines is 1. The Bertz CT molecular complexity index is 519. The van der Waals surface area contributed by atoms with Gasteiger partial charge in [-0.3, -0.25) is 4.79 Å². The Morgan fingerprint density at radius 3 is 2.52 bits per heavy atom. The van der Waals surface area contributed by atoms with Gasteiger partial charge in [0.2, 0.25) is 5.91 Å². The molecule has 1 rings (SSSR count). The van der Waals surface area contributed by atoms with E-state index in [1.54, 1.807) is 24.3 Å². The van der Waals surface area contributed by atoms with Gasteiger partial charge in [0, 0.05) is 12.2 Å². The molecular formula is C15H20N4O2. The predicted molar refractivity (Wildman–Crippen MR) is 82.3 cm³/mol. The lowest BCUT2D eigenvalue weighted by Gasteiger charge is -2.19. The fourth-order valence-corrected chi connectivity index (χ4v) is 1.76. The van der Waals surface area contributed by atoms with Gasteiger partial charge in [-0.05, 0) is 24.6 Å². The van der Waals surface area contributed by atoms with Gasteiger partial charge in [-0.25, -0.2) is 4.79 Å². The second kappa shape index (κ2) is 8.48. The standard InChI is InChI=1S/C15H20N4O2/c1-3-9-18-14(20)10-13(19-15(21)17-4-2)11-5-7-12(16)8-6-11/h1,5-8,13H,4,9-10,16H2,2H3,(H,18,20)(H2,17,19,21). The molecule has 3 amide bonds. The molecule has 0 saturated carbocycles. The van der Waals surface area contributed by atoms with E-state index in [0.29, 0.717) is 12.2 Å². The molecular weight excluding hydrogens is 268 g/mol. The van der Waals surface area contributed by atoms with E-state index < -0.39 is 6.04 Å². The molecule has 0 aliphatic carbocycles. The van der Waals surface area contributed by atoms with Crippen LogP contribution in [0.3, 0.4) is 0 Å². The maximum atomic E-state index is 11.8. The van der Waals surface area contributed by atoms with Gasteiger partial charge in [0.15, 0.2) is 0 Å². The van der Waals surface area contributed by atoms with Crippen LogP contribution in [0.15, 0.2) is 24.3 Å². The van der Waals surface area contributed by atoms with E-state index in [0.717, 1.165) is 5.56 Å². The fourth-order valence-electron chi connectivity index (χ4n) is 1.76. The van der Waals surface area contributed by atoms with Crippen LogP contribution in [0.25, 0.3) is 0 Å². The minimum Gasteiger partial charge on any atom is -0.399 e. The summed E-state index contributed by atoms with van der Waals surface area (Å²) < 4.78 is 0. The summed E-state index contributed by atoms with van der Waals surface area (Å²) in [5.74, 6) is 2.10. The number of nitrogens with two attached hydrogens (primary N) is 1. The third-order valence-corrected chi connectivity index (χ3v) is 2.76. The van der Waals surface area contributed by atoms with Gasteiger partial charge < -0.3 is 21.7 Å². The van der Waals surface area contributed by atoms with Crippen LogP contribution in [0.4, 0.5) is 10.5 Å². The third kappa shape index (κ3) is 5.87. The maximum Gasteiger partial charge on any atom is 0.315 e. The molecule has 0 heterocycles. The van der Waals surface area contributed by atoms with Crippen LogP contribution in [0.1, 0.15) is 24.9 Å². The van der Waals surface area contributed by atoms with Crippen molar-refractivity contribution < 1.29 is 9.59 Å². The highest BCUT2D eigenvalue weighted by Crippen LogP contribution is 2.18. The molecule has 1 unspecified atom stereocenters. The van der Waals surface area contributed by atoms with E-state index in [1.807, 2.05) is 6.92 Å². The summed E-state index contributed by atoms with van der Waals surface area (Å²) in [7, 11) is 0. The van der Waals surface area contributed by atoms with Crippen molar-refractivity contribution in [2.75, 3.05) is 18.8 Å². The first-order valence-corrected chi connectivity index (χ1v) is 6.66. The number of carbonyl (C=O) groups excluding carboxylic acids is 2. The molecule has 0 spiro atoms. The Hall–Kier alpha value is -2.68. The van der Waals surface area contributed by atoms with Crippen molar-refractivity contribution in [2.45, 2.75) is 19.4 Å². The Labute approximate surface area is 124 Å². The molecule has 0 saturated heterocycles. The summed E-state index contributed by atoms with van der Waals surface area (Å²) in [6, 6.07) is 6.22. The molecule has 0 aromatic heterocycles. The third-order valence-electron chi connectivity index (χ3n) is 2.76. The summed E-state index contributed by atoms with van der Waals surface area (Å²) in [6.45, 7) is 2.48. The summed E-state index contributed by atoms with van der Waals surface area (Å²) in [5.41, 5.74) is 7.06. The van der Waals surface area contributed by atoms with Crippen molar-refractivity contribution in [3.05, 3.63) is 29.8 Å². The van der Waals surface area contributed by atoms with Crippen LogP contribution < -0.4 is 21.7 Å². The van der Waals surface area contributed by atoms with Crippen molar-refractivity contribution in [1.29, 1.82) is 0 Å². The smallest absolute Gasteiger partial charge is 0.315 e. The fraction of sp³-hybridized carbons (Fsp3) is 0.333. The number of hydrogen-bond acceptors (Lipinski definition) is 3. The van der Waals surface area contributed by atoms with Crippen molar-refractivity contribution in [1.82, 2.24) is 16.0 Å². The lowest BCUT2D eigenvalue weighted by Crippen LogP contribution is -2.39. The molecule has 1 aromatic carbocycles. The lowest BCUT2D eigenvalue weighted by atomic mass is 10.0. The minimum atomic E-state index is -0.449. The molecule has 0 bridgehead atoms. The number of benzene rings is 1. The molecule has 0 aliphatic heterocycles. The normalized spacial score (nSPS) is 11.0. The first kappa shape index (κ1) is 16.4. The zero-order valence-electron chi connectivity index (χ0n) is 12.0. The van der Waals surface area contributed by atoms with Crippen molar-refractivity contribution in [3.8, 4) is 12.3 Å². The molecule has 0 fully saturated rings. The number of hydrogen-bond donors (Lipinski definition) is 4. The van der Waals surface area contributed by atoms with Gasteiger partial charge in [-0.2, -0.15) is 0 Å². The van der Waals surface area contributed by atoms with Crippen LogP contribution in [-0.2, 0) is 4.79 Å². The lowest BCUT2D eigenvalue weighted by molar-refractivity contribution is -0.121. The van der Waals surface area contributed by atoms with E-state index in [4.69, 9.17) is 12.2 Å². The van der Waals surface area contributed by atoms with Gasteiger partial charge in [-0.15, -0.1) is 6.42 Å². The summed E-state index contributed by atoms with van der Waals surface area (Å²) in [6.07, 6.45) is 5.20. The SMILES string of the molecule is C#CCNC(=O)CC(NC(=O)NCC)c1ccc(N)cc1. The Kier molecular flexibility index (Phi) is 6.61. The van der Waals surface area contributed by atoms with Crippen LogP contribution >= 0.6 is 0 Å². The molecule has 0 aliphatic rings. The predicted octanol–water partition coefficient (Wildman–Crippen LogP) is 0.769. The molecule has 21 heavy (non-hydrogen) atoms. The van der Waals surface area contributed by atoms with Crippen LogP contribution in [-0.4, -0.2) is 25.0 Å². The monoisotopic (exact) mass is 288 g/mol. The number of urea groups is 1. The molecule has 5 N–H and O–H groups in total. The van der Waals surface area contributed by atoms with Crippen molar-refractivity contribution in [3.63, 3.8) is 0 Å². The number of amides is 3. The molecule has 6 nitrogen and oxygen atoms in total. The first-order chi connectivity index (χ1) is 10.1. The number of nitrogens with one attached hydrogen (secondary N) is 3. The van der Waals surface area contributed by atoms with Gasteiger partial charge in [-0.1, -0.05) is 18.1 Å². The number of carbonyl (C=O) groups is 2. The highest BCUT2D eigenvalue weighted by atomic mass is 16.2. The molecule has 6 heteroatoms. The zero-order chi connectivity index (χ0) is 15.7. The number of rotatable bonds is 6. The summed E-state index contributed by atoms with van der Waals surface area (Å²) in [5, 5.41) is 7.97. The van der Waals surface area contributed by atoms with Crippen LogP contribution in [0.5, 0.6) is 0 Å².